The Morgan fingerprint density at radius 1 is 1.03 bits per heavy atom. The minimum Gasteiger partial charge on any atom is -0.463 e. The second-order valence-electron chi connectivity index (χ2n) is 8.20. The third kappa shape index (κ3) is 4.70. The molecule has 2 N–H and O–H groups in total. The molecule has 0 saturated heterocycles. The number of thiazole rings is 1. The molecule has 2 heterocycles. The van der Waals surface area contributed by atoms with E-state index >= 15 is 0 Å². The lowest BCUT2D eigenvalue weighted by molar-refractivity contribution is -0.140. The van der Waals surface area contributed by atoms with Crippen LogP contribution in [-0.2, 0) is 19.1 Å². The highest BCUT2D eigenvalue weighted by molar-refractivity contribution is 7.07. The highest BCUT2D eigenvalue weighted by Gasteiger charge is 2.40. The van der Waals surface area contributed by atoms with E-state index < -0.39 is 29.5 Å². The van der Waals surface area contributed by atoms with Crippen molar-refractivity contribution in [1.29, 1.82) is 0 Å². The standard InChI is InChI=1S/C27H26N2O5S/c1-4-33-26(31)21-20(18-13-9-6-10-14-18)22(27(32)34-16(2)3)25-29(23(21)28)24(30)19(35-25)15-17-11-7-5-8-12-17/h5-16,20H,4,28H2,1-3H3/t20-/m0/s1. The van der Waals surface area contributed by atoms with Gasteiger partial charge in [0.05, 0.1) is 34.3 Å². The number of fused-ring (bicyclic) bond motifs is 1. The normalized spacial score (nSPS) is 15.8. The van der Waals surface area contributed by atoms with Crippen LogP contribution in [0.4, 0.5) is 0 Å². The van der Waals surface area contributed by atoms with E-state index in [1.54, 1.807) is 39.0 Å². The average Bonchev–Trinajstić information content (AvgIpc) is 3.15. The van der Waals surface area contributed by atoms with Gasteiger partial charge in [-0.1, -0.05) is 60.7 Å². The first-order valence-electron chi connectivity index (χ1n) is 11.3. The number of nitrogens with two attached hydrogens (primary N) is 1. The Morgan fingerprint density at radius 2 is 1.66 bits per heavy atom. The van der Waals surface area contributed by atoms with Gasteiger partial charge in [0.15, 0.2) is 0 Å². The Morgan fingerprint density at radius 3 is 2.26 bits per heavy atom. The minimum atomic E-state index is -0.857. The van der Waals surface area contributed by atoms with Gasteiger partial charge >= 0.3 is 11.9 Å². The van der Waals surface area contributed by atoms with Crippen LogP contribution in [0.3, 0.4) is 0 Å². The summed E-state index contributed by atoms with van der Waals surface area (Å²) in [5, 5.41) is 0. The van der Waals surface area contributed by atoms with Gasteiger partial charge in [0.1, 0.15) is 10.5 Å². The van der Waals surface area contributed by atoms with Crippen molar-refractivity contribution in [3.8, 4) is 0 Å². The van der Waals surface area contributed by atoms with Crippen molar-refractivity contribution < 1.29 is 19.1 Å². The monoisotopic (exact) mass is 490 g/mol. The molecule has 35 heavy (non-hydrogen) atoms. The van der Waals surface area contributed by atoms with E-state index in [9.17, 15) is 14.4 Å². The van der Waals surface area contributed by atoms with Crippen molar-refractivity contribution in [2.75, 3.05) is 6.61 Å². The molecule has 3 aromatic rings. The maximum absolute atomic E-state index is 13.5. The minimum absolute atomic E-state index is 0.0346. The summed E-state index contributed by atoms with van der Waals surface area (Å²) in [5.74, 6) is -2.22. The zero-order valence-corrected chi connectivity index (χ0v) is 20.5. The van der Waals surface area contributed by atoms with Gasteiger partial charge in [-0.05, 0) is 38.0 Å². The lowest BCUT2D eigenvalue weighted by atomic mass is 9.83. The molecule has 0 fully saturated rings. The van der Waals surface area contributed by atoms with Crippen LogP contribution in [0.1, 0.15) is 37.8 Å². The first-order chi connectivity index (χ1) is 16.8. The molecule has 7 nitrogen and oxygen atoms in total. The maximum atomic E-state index is 13.5. The number of ether oxygens (including phenoxy) is 2. The predicted octanol–water partition coefficient (Wildman–Crippen LogP) is 2.33. The fourth-order valence-corrected chi connectivity index (χ4v) is 5.18. The summed E-state index contributed by atoms with van der Waals surface area (Å²) in [5.41, 5.74) is 7.76. The van der Waals surface area contributed by atoms with Gasteiger partial charge in [-0.2, -0.15) is 0 Å². The third-order valence-electron chi connectivity index (χ3n) is 5.44. The zero-order chi connectivity index (χ0) is 25.1. The number of esters is 2. The van der Waals surface area contributed by atoms with Gasteiger partial charge in [0, 0.05) is 0 Å². The smallest absolute Gasteiger partial charge is 0.338 e. The molecule has 0 saturated carbocycles. The van der Waals surface area contributed by atoms with Gasteiger partial charge in [-0.15, -0.1) is 11.3 Å². The van der Waals surface area contributed by atoms with Crippen molar-refractivity contribution in [3.63, 3.8) is 0 Å². The Balaban J connectivity index is 2.11. The van der Waals surface area contributed by atoms with E-state index in [0.717, 1.165) is 16.9 Å². The summed E-state index contributed by atoms with van der Waals surface area (Å²) < 4.78 is 12.8. The molecule has 1 aromatic heterocycles. The highest BCUT2D eigenvalue weighted by atomic mass is 32.1. The number of nitrogens with zero attached hydrogens (tertiary/aromatic N) is 1. The van der Waals surface area contributed by atoms with Crippen LogP contribution in [0.2, 0.25) is 0 Å². The molecule has 2 aromatic carbocycles. The molecule has 0 bridgehead atoms. The van der Waals surface area contributed by atoms with Gasteiger partial charge in [-0.3, -0.25) is 9.36 Å². The van der Waals surface area contributed by atoms with E-state index in [2.05, 4.69) is 0 Å². The van der Waals surface area contributed by atoms with Crippen molar-refractivity contribution in [1.82, 2.24) is 4.57 Å². The van der Waals surface area contributed by atoms with Crippen molar-refractivity contribution in [2.45, 2.75) is 32.8 Å². The third-order valence-corrected chi connectivity index (χ3v) is 6.54. The SMILES string of the molecule is CCOC(=O)C1=C(N)n2c(sc(=Cc3ccccc3)c2=O)=C(C(=O)OC(C)C)[C@H]1c1ccccc1. The Kier molecular flexibility index (Phi) is 7.02. The Bertz CT molecular complexity index is 1470. The molecular formula is C27H26N2O5S. The molecule has 0 amide bonds. The molecule has 8 heteroatoms. The van der Waals surface area contributed by atoms with Crippen molar-refractivity contribution in [3.05, 3.63) is 96.9 Å². The summed E-state index contributed by atoms with van der Waals surface area (Å²) in [6.07, 6.45) is 1.33. The van der Waals surface area contributed by atoms with Crippen LogP contribution in [0.25, 0.3) is 17.5 Å². The largest absolute Gasteiger partial charge is 0.463 e. The maximum Gasteiger partial charge on any atom is 0.338 e. The summed E-state index contributed by atoms with van der Waals surface area (Å²) in [6, 6.07) is 18.4. The Labute approximate surface area is 206 Å². The van der Waals surface area contributed by atoms with Gasteiger partial charge in [-0.25, -0.2) is 9.59 Å². The number of aromatic nitrogens is 1. The van der Waals surface area contributed by atoms with Crippen LogP contribution in [0.15, 0.2) is 71.0 Å². The van der Waals surface area contributed by atoms with Crippen LogP contribution in [0.5, 0.6) is 0 Å². The Hall–Kier alpha value is -3.91. The van der Waals surface area contributed by atoms with Gasteiger partial charge < -0.3 is 15.2 Å². The van der Waals surface area contributed by atoms with Crippen LogP contribution >= 0.6 is 11.3 Å². The molecule has 1 aliphatic heterocycles. The van der Waals surface area contributed by atoms with Gasteiger partial charge in [0.25, 0.3) is 5.56 Å². The van der Waals surface area contributed by atoms with Crippen LogP contribution in [-0.4, -0.2) is 29.2 Å². The van der Waals surface area contributed by atoms with Crippen LogP contribution in [0, 0.1) is 0 Å². The van der Waals surface area contributed by atoms with Crippen molar-refractivity contribution >= 4 is 40.7 Å². The topological polar surface area (TPSA) is 101 Å². The number of carbonyl (C=O) groups excluding carboxylic acids is 2. The highest BCUT2D eigenvalue weighted by Crippen LogP contribution is 2.37. The first kappa shape index (κ1) is 24.2. The summed E-state index contributed by atoms with van der Waals surface area (Å²) >= 11 is 1.14. The van der Waals surface area contributed by atoms with Crippen LogP contribution < -0.4 is 20.5 Å². The molecule has 1 atom stereocenters. The number of carbonyl (C=O) groups is 2. The number of hydrogen-bond acceptors (Lipinski definition) is 7. The van der Waals surface area contributed by atoms with E-state index in [-0.39, 0.29) is 23.6 Å². The van der Waals surface area contributed by atoms with E-state index in [0.29, 0.717) is 14.8 Å². The van der Waals surface area contributed by atoms with E-state index in [1.807, 2.05) is 48.5 Å². The molecule has 1 aliphatic rings. The molecule has 0 radical (unpaired) electrons. The first-order valence-corrected chi connectivity index (χ1v) is 12.1. The lowest BCUT2D eigenvalue weighted by Crippen LogP contribution is -2.42. The summed E-state index contributed by atoms with van der Waals surface area (Å²) in [6.45, 7) is 5.28. The second-order valence-corrected chi connectivity index (χ2v) is 9.23. The summed E-state index contributed by atoms with van der Waals surface area (Å²) in [7, 11) is 0. The predicted molar refractivity (Wildman–Crippen MR) is 136 cm³/mol. The quantitative estimate of drug-likeness (QED) is 0.533. The van der Waals surface area contributed by atoms with E-state index in [4.69, 9.17) is 15.2 Å². The zero-order valence-electron chi connectivity index (χ0n) is 19.7. The second kappa shape index (κ2) is 10.1. The molecule has 0 spiro atoms. The summed E-state index contributed by atoms with van der Waals surface area (Å²) in [4.78, 5) is 40.1. The number of hydrogen-bond donors (Lipinski definition) is 1. The average molecular weight is 491 g/mol. The van der Waals surface area contributed by atoms with Gasteiger partial charge in [0.2, 0.25) is 0 Å². The number of rotatable bonds is 6. The van der Waals surface area contributed by atoms with Crippen molar-refractivity contribution in [2.24, 2.45) is 5.73 Å². The molecule has 0 unspecified atom stereocenters. The fraction of sp³-hybridized carbons (Fsp3) is 0.222. The fourth-order valence-electron chi connectivity index (χ4n) is 4.01. The molecular weight excluding hydrogens is 464 g/mol. The molecule has 180 valence electrons. The van der Waals surface area contributed by atoms with E-state index in [1.165, 1.54) is 4.57 Å². The molecule has 4 rings (SSSR count). The molecule has 0 aliphatic carbocycles. The number of benzene rings is 2. The lowest BCUT2D eigenvalue weighted by Gasteiger charge is -2.27.